The molecule has 2 rings (SSSR count). The largest absolute Gasteiger partial charge is 0.324 e. The number of nitrogens with one attached hydrogen (secondary N) is 1. The average molecular weight is 255 g/mol. The first-order chi connectivity index (χ1) is 9.20. The van der Waals surface area contributed by atoms with Crippen molar-refractivity contribution in [2.75, 3.05) is 5.32 Å². The molecule has 0 atom stereocenters. The zero-order valence-corrected chi connectivity index (χ0v) is 11.0. The molecule has 0 fully saturated rings. The van der Waals surface area contributed by atoms with Gasteiger partial charge in [0.25, 0.3) is 0 Å². The molecule has 4 heteroatoms. The fraction of sp³-hybridized carbons (Fsp3) is 0.333. The van der Waals surface area contributed by atoms with Crippen LogP contribution in [0.25, 0.3) is 10.9 Å². The van der Waals surface area contributed by atoms with Gasteiger partial charge >= 0.3 is 0 Å². The van der Waals surface area contributed by atoms with Crippen molar-refractivity contribution < 1.29 is 4.79 Å². The predicted molar refractivity (Wildman–Crippen MR) is 76.6 cm³/mol. The van der Waals surface area contributed by atoms with Gasteiger partial charge in [0.15, 0.2) is 0 Å². The molecule has 0 aliphatic carbocycles. The Hall–Kier alpha value is -2.28. The van der Waals surface area contributed by atoms with Crippen LogP contribution in [0.5, 0.6) is 0 Å². The van der Waals surface area contributed by atoms with Crippen LogP contribution in [0.1, 0.15) is 25.7 Å². The lowest BCUT2D eigenvalue weighted by Crippen LogP contribution is -2.11. The van der Waals surface area contributed by atoms with Gasteiger partial charge in [0, 0.05) is 31.5 Å². The number of nitrogens with zero attached hydrogens (tertiary/aromatic N) is 2. The highest BCUT2D eigenvalue weighted by atomic mass is 16.1. The second-order valence-corrected chi connectivity index (χ2v) is 4.51. The smallest absolute Gasteiger partial charge is 0.224 e. The number of aryl methyl sites for hydroxylation is 1. The molecule has 0 unspecified atom stereocenters. The second kappa shape index (κ2) is 6.05. The van der Waals surface area contributed by atoms with Crippen LogP contribution in [0.3, 0.4) is 0 Å². The first-order valence-electron chi connectivity index (χ1n) is 6.36. The third-order valence-electron chi connectivity index (χ3n) is 2.90. The number of aromatic nitrogens is 2. The normalized spacial score (nSPS) is 10.3. The van der Waals surface area contributed by atoms with Crippen LogP contribution in [0, 0.1) is 12.3 Å². The molecule has 0 aliphatic rings. The number of carbonyl (C=O) groups excluding carboxylic acids is 1. The molecule has 0 spiro atoms. The number of amides is 1. The number of rotatable bonds is 5. The van der Waals surface area contributed by atoms with Crippen molar-refractivity contribution in [3.8, 4) is 12.3 Å². The van der Waals surface area contributed by atoms with Gasteiger partial charge in [0.2, 0.25) is 5.91 Å². The molecule has 0 bridgehead atoms. The van der Waals surface area contributed by atoms with E-state index in [0.717, 1.165) is 35.9 Å². The van der Waals surface area contributed by atoms with E-state index in [1.807, 2.05) is 31.4 Å². The third-order valence-corrected chi connectivity index (χ3v) is 2.90. The van der Waals surface area contributed by atoms with Crippen LogP contribution in [0.2, 0.25) is 0 Å². The van der Waals surface area contributed by atoms with Crippen LogP contribution in [-0.4, -0.2) is 15.7 Å². The van der Waals surface area contributed by atoms with Crippen molar-refractivity contribution in [3.05, 3.63) is 24.4 Å². The lowest BCUT2D eigenvalue weighted by molar-refractivity contribution is -0.116. The number of terminal acetylenes is 1. The standard InChI is InChI=1S/C15H17N3O/c1-3-4-5-6-10-14(19)16-13-9-7-8-12-11-18(2)17-15(12)13/h1,7-9,11H,4-6,10H2,2H3,(H,16,19). The van der Waals surface area contributed by atoms with Crippen molar-refractivity contribution in [3.63, 3.8) is 0 Å². The summed E-state index contributed by atoms with van der Waals surface area (Å²) in [5, 5.41) is 8.28. The van der Waals surface area contributed by atoms with Gasteiger partial charge in [-0.2, -0.15) is 5.10 Å². The number of hydrogen-bond donors (Lipinski definition) is 1. The molecule has 1 aromatic heterocycles. The summed E-state index contributed by atoms with van der Waals surface area (Å²) < 4.78 is 1.74. The molecule has 98 valence electrons. The summed E-state index contributed by atoms with van der Waals surface area (Å²) >= 11 is 0. The van der Waals surface area contributed by atoms with Gasteiger partial charge in [-0.15, -0.1) is 12.3 Å². The lowest BCUT2D eigenvalue weighted by atomic mass is 10.2. The zero-order valence-electron chi connectivity index (χ0n) is 11.0. The molecule has 1 N–H and O–H groups in total. The van der Waals surface area contributed by atoms with Crippen LogP contribution < -0.4 is 5.32 Å². The predicted octanol–water partition coefficient (Wildman–Crippen LogP) is 2.71. The van der Waals surface area contributed by atoms with E-state index >= 15 is 0 Å². The first kappa shape index (κ1) is 13.2. The van der Waals surface area contributed by atoms with Gasteiger partial charge in [-0.05, 0) is 18.9 Å². The van der Waals surface area contributed by atoms with Crippen molar-refractivity contribution in [1.82, 2.24) is 9.78 Å². The van der Waals surface area contributed by atoms with Crippen molar-refractivity contribution in [2.45, 2.75) is 25.7 Å². The number of anilines is 1. The molecular weight excluding hydrogens is 238 g/mol. The van der Waals surface area contributed by atoms with Crippen molar-refractivity contribution in [2.24, 2.45) is 7.05 Å². The molecular formula is C15H17N3O. The Morgan fingerprint density at radius 3 is 3.11 bits per heavy atom. The summed E-state index contributed by atoms with van der Waals surface area (Å²) in [5.74, 6) is 2.58. The summed E-state index contributed by atoms with van der Waals surface area (Å²) in [5.41, 5.74) is 1.59. The lowest BCUT2D eigenvalue weighted by Gasteiger charge is -2.05. The van der Waals surface area contributed by atoms with Crippen LogP contribution in [0.4, 0.5) is 5.69 Å². The molecule has 19 heavy (non-hydrogen) atoms. The van der Waals surface area contributed by atoms with E-state index in [9.17, 15) is 4.79 Å². The van der Waals surface area contributed by atoms with E-state index in [1.165, 1.54) is 0 Å². The summed E-state index contributed by atoms with van der Waals surface area (Å²) in [7, 11) is 1.87. The Labute approximate surface area is 112 Å². The Morgan fingerprint density at radius 1 is 1.47 bits per heavy atom. The van der Waals surface area contributed by atoms with Gasteiger partial charge in [-0.1, -0.05) is 12.1 Å². The maximum absolute atomic E-state index is 11.8. The molecule has 0 radical (unpaired) electrons. The Morgan fingerprint density at radius 2 is 2.32 bits per heavy atom. The van der Waals surface area contributed by atoms with E-state index in [0.29, 0.717) is 6.42 Å². The Balaban J connectivity index is 2.01. The van der Waals surface area contributed by atoms with E-state index in [4.69, 9.17) is 6.42 Å². The second-order valence-electron chi connectivity index (χ2n) is 4.51. The maximum atomic E-state index is 11.8. The quantitative estimate of drug-likeness (QED) is 0.659. The van der Waals surface area contributed by atoms with Gasteiger partial charge < -0.3 is 5.32 Å². The molecule has 0 aliphatic heterocycles. The highest BCUT2D eigenvalue weighted by Gasteiger charge is 2.08. The highest BCUT2D eigenvalue weighted by molar-refractivity contribution is 6.00. The number of unbranched alkanes of at least 4 members (excludes halogenated alkanes) is 2. The van der Waals surface area contributed by atoms with Gasteiger partial charge in [-0.25, -0.2) is 0 Å². The molecule has 4 nitrogen and oxygen atoms in total. The van der Waals surface area contributed by atoms with Gasteiger partial charge in [0.1, 0.15) is 5.52 Å². The van der Waals surface area contributed by atoms with Crippen LogP contribution >= 0.6 is 0 Å². The molecule has 0 saturated heterocycles. The molecule has 1 aromatic carbocycles. The van der Waals surface area contributed by atoms with E-state index in [2.05, 4.69) is 16.3 Å². The minimum Gasteiger partial charge on any atom is -0.324 e. The SMILES string of the molecule is C#CCCCCC(=O)Nc1cccc2cn(C)nc12. The van der Waals surface area contributed by atoms with Crippen molar-refractivity contribution in [1.29, 1.82) is 0 Å². The zero-order chi connectivity index (χ0) is 13.7. The summed E-state index contributed by atoms with van der Waals surface area (Å²) in [4.78, 5) is 11.8. The first-order valence-corrected chi connectivity index (χ1v) is 6.36. The number of carbonyl (C=O) groups is 1. The Kier molecular flexibility index (Phi) is 4.19. The van der Waals surface area contributed by atoms with Gasteiger partial charge in [0.05, 0.1) is 5.69 Å². The molecule has 1 heterocycles. The summed E-state index contributed by atoms with van der Waals surface area (Å²) in [6.07, 6.45) is 10.0. The van der Waals surface area contributed by atoms with Crippen LogP contribution in [0.15, 0.2) is 24.4 Å². The summed E-state index contributed by atoms with van der Waals surface area (Å²) in [6.45, 7) is 0. The van der Waals surface area contributed by atoms with Crippen LogP contribution in [-0.2, 0) is 11.8 Å². The van der Waals surface area contributed by atoms with Gasteiger partial charge in [-0.3, -0.25) is 9.48 Å². The number of benzene rings is 1. The molecule has 0 saturated carbocycles. The monoisotopic (exact) mass is 255 g/mol. The van der Waals surface area contributed by atoms with E-state index in [1.54, 1.807) is 4.68 Å². The minimum atomic E-state index is 0.00942. The fourth-order valence-corrected chi connectivity index (χ4v) is 1.99. The average Bonchev–Trinajstić information content (AvgIpc) is 2.76. The number of fused-ring (bicyclic) bond motifs is 1. The number of hydrogen-bond acceptors (Lipinski definition) is 2. The molecule has 1 amide bonds. The topological polar surface area (TPSA) is 46.9 Å². The van der Waals surface area contributed by atoms with E-state index < -0.39 is 0 Å². The maximum Gasteiger partial charge on any atom is 0.224 e. The highest BCUT2D eigenvalue weighted by Crippen LogP contribution is 2.21. The fourth-order valence-electron chi connectivity index (χ4n) is 1.99. The van der Waals surface area contributed by atoms with E-state index in [-0.39, 0.29) is 5.91 Å². The minimum absolute atomic E-state index is 0.00942. The Bertz CT molecular complexity index is 622. The van der Waals surface area contributed by atoms with Crippen molar-refractivity contribution >= 4 is 22.5 Å². The molecule has 2 aromatic rings. The summed E-state index contributed by atoms with van der Waals surface area (Å²) in [6, 6.07) is 5.76. The third kappa shape index (κ3) is 3.35.